The van der Waals surface area contributed by atoms with E-state index in [4.69, 9.17) is 0 Å². The number of para-hydroxylation sites is 4. The Labute approximate surface area is 450 Å². The molecule has 24 heteroatoms. The van der Waals surface area contributed by atoms with Crippen LogP contribution in [0.1, 0.15) is 96.2 Å². The number of nitrogens with zero attached hydrogens (tertiary/aromatic N) is 4. The van der Waals surface area contributed by atoms with Crippen molar-refractivity contribution in [3.8, 4) is 23.0 Å². The fraction of sp³-hybridized carbons (Fsp3) is 0.407. The van der Waals surface area contributed by atoms with E-state index in [2.05, 4.69) is 42.5 Å². The number of carbonyl (C=O) groups is 8. The average molecular weight is 1080 g/mol. The number of hydrogen-bond acceptors (Lipinski definition) is 16. The molecule has 5 unspecified atom stereocenters. The molecule has 4 aromatic rings. The molecule has 0 fully saturated rings. The molecule has 0 aromatic heterocycles. The van der Waals surface area contributed by atoms with Crippen molar-refractivity contribution < 1.29 is 58.8 Å². The van der Waals surface area contributed by atoms with Gasteiger partial charge in [0.25, 0.3) is 47.3 Å². The summed E-state index contributed by atoms with van der Waals surface area (Å²) in [5.74, 6) is -7.37. The molecule has 12 N–H and O–H groups in total. The second-order valence-electron chi connectivity index (χ2n) is 19.0. The number of hydrogen-bond donors (Lipinski definition) is 12. The molecule has 4 aliphatic heterocycles. The highest BCUT2D eigenvalue weighted by Gasteiger charge is 2.26. The topological polar surface area (TPSA) is 327 Å². The van der Waals surface area contributed by atoms with Crippen LogP contribution in [0.4, 0.5) is 0 Å². The summed E-state index contributed by atoms with van der Waals surface area (Å²) in [6, 6.07) is 16.5. The van der Waals surface area contributed by atoms with Crippen LogP contribution in [0.15, 0.2) is 72.8 Å². The van der Waals surface area contributed by atoms with Crippen molar-refractivity contribution >= 4 is 47.3 Å². The third kappa shape index (κ3) is 15.0. The highest BCUT2D eigenvalue weighted by Crippen LogP contribution is 2.26. The summed E-state index contributed by atoms with van der Waals surface area (Å²) in [4.78, 5) is 118. The lowest BCUT2D eigenvalue weighted by Crippen LogP contribution is -2.48. The molecule has 8 amide bonds. The molecule has 8 rings (SSSR count). The van der Waals surface area contributed by atoms with Crippen molar-refractivity contribution in [3.63, 3.8) is 0 Å². The third-order valence-electron chi connectivity index (χ3n) is 13.9. The molecule has 0 saturated carbocycles. The molecule has 4 heterocycles. The second-order valence-corrected chi connectivity index (χ2v) is 19.0. The summed E-state index contributed by atoms with van der Waals surface area (Å²) in [6.07, 6.45) is 0.402. The Kier molecular flexibility index (Phi) is 20.3. The number of fused-ring (bicyclic) bond motifs is 26. The molecule has 416 valence electrons. The number of nitrogens with one attached hydrogen (secondary N) is 8. The van der Waals surface area contributed by atoms with E-state index in [-0.39, 0.29) is 169 Å². The molecular weight excluding hydrogens is 1010 g/mol. The van der Waals surface area contributed by atoms with Crippen LogP contribution in [0.25, 0.3) is 0 Å². The number of amides is 8. The second kappa shape index (κ2) is 27.6. The van der Waals surface area contributed by atoms with Crippen LogP contribution >= 0.6 is 0 Å². The van der Waals surface area contributed by atoms with E-state index in [1.165, 1.54) is 72.8 Å². The molecule has 4 aromatic carbocycles. The van der Waals surface area contributed by atoms with Gasteiger partial charge in [-0.15, -0.1) is 0 Å². The van der Waals surface area contributed by atoms with Gasteiger partial charge < -0.3 is 63.0 Å². The van der Waals surface area contributed by atoms with Crippen molar-refractivity contribution in [2.45, 2.75) is 19.4 Å². The van der Waals surface area contributed by atoms with Crippen LogP contribution in [0.3, 0.4) is 0 Å². The van der Waals surface area contributed by atoms with Crippen molar-refractivity contribution in [3.05, 3.63) is 117 Å². The molecular formula is C54H68N12O12. The number of phenolic OH excluding ortho intramolecular Hbond substituents is 4. The zero-order valence-corrected chi connectivity index (χ0v) is 43.5. The maximum absolute atomic E-state index is 14.0. The van der Waals surface area contributed by atoms with Crippen LogP contribution in [-0.2, 0) is 0 Å². The zero-order valence-electron chi connectivity index (χ0n) is 43.5. The first-order valence-electron chi connectivity index (χ1n) is 26.1. The maximum atomic E-state index is 14.0. The Morgan fingerprint density at radius 2 is 0.538 bits per heavy atom. The molecule has 5 atom stereocenters. The summed E-state index contributed by atoms with van der Waals surface area (Å²) >= 11 is 0. The molecule has 24 nitrogen and oxygen atoms in total. The minimum atomic E-state index is -0.659. The highest BCUT2D eigenvalue weighted by atomic mass is 16.3. The molecule has 0 spiro atoms. The van der Waals surface area contributed by atoms with E-state index in [9.17, 15) is 58.8 Å². The van der Waals surface area contributed by atoms with E-state index >= 15 is 0 Å². The van der Waals surface area contributed by atoms with Crippen molar-refractivity contribution in [1.29, 1.82) is 0 Å². The molecule has 0 aliphatic carbocycles. The maximum Gasteiger partial charge on any atom is 0.255 e. The summed E-state index contributed by atoms with van der Waals surface area (Å²) in [7, 11) is 0. The first kappa shape index (κ1) is 57.4. The van der Waals surface area contributed by atoms with Crippen LogP contribution in [0.2, 0.25) is 0 Å². The smallest absolute Gasteiger partial charge is 0.255 e. The Bertz CT molecular complexity index is 2790. The summed E-state index contributed by atoms with van der Waals surface area (Å²) in [6.45, 7) is 4.57. The predicted molar refractivity (Wildman–Crippen MR) is 286 cm³/mol. The minimum absolute atomic E-state index is 0.0247. The fourth-order valence-corrected chi connectivity index (χ4v) is 9.32. The van der Waals surface area contributed by atoms with E-state index in [1.807, 2.05) is 26.5 Å². The Morgan fingerprint density at radius 1 is 0.333 bits per heavy atom. The van der Waals surface area contributed by atoms with E-state index in [1.54, 1.807) is 0 Å². The molecule has 12 bridgehead atoms. The molecule has 78 heavy (non-hydrogen) atoms. The van der Waals surface area contributed by atoms with E-state index in [0.717, 1.165) is 0 Å². The van der Waals surface area contributed by atoms with E-state index in [0.29, 0.717) is 6.42 Å². The van der Waals surface area contributed by atoms with Gasteiger partial charge in [-0.25, -0.2) is 0 Å². The number of carbonyl (C=O) groups excluding carboxylic acids is 8. The lowest BCUT2D eigenvalue weighted by Gasteiger charge is -2.31. The summed E-state index contributed by atoms with van der Waals surface area (Å²) in [5, 5.41) is 68.1. The normalized spacial score (nSPS) is 22.6. The minimum Gasteiger partial charge on any atom is -0.506 e. The van der Waals surface area contributed by atoms with Crippen LogP contribution in [-0.4, -0.2) is 218 Å². The Morgan fingerprint density at radius 3 is 0.769 bits per heavy atom. The van der Waals surface area contributed by atoms with Gasteiger partial charge in [-0.1, -0.05) is 31.2 Å². The average Bonchev–Trinajstić information content (AvgIpc) is 3.42. The van der Waals surface area contributed by atoms with Gasteiger partial charge >= 0.3 is 0 Å². The third-order valence-corrected chi connectivity index (χ3v) is 13.9. The quantitative estimate of drug-likeness (QED) is 0.114. The van der Waals surface area contributed by atoms with Gasteiger partial charge in [-0.05, 0) is 55.0 Å². The first-order chi connectivity index (χ1) is 37.6. The number of rotatable bonds is 1. The van der Waals surface area contributed by atoms with Crippen molar-refractivity contribution in [1.82, 2.24) is 62.1 Å². The van der Waals surface area contributed by atoms with Gasteiger partial charge in [0, 0.05) is 130 Å². The summed E-state index contributed by atoms with van der Waals surface area (Å²) < 4.78 is 0. The molecule has 4 aliphatic rings. The molecule has 0 saturated heterocycles. The predicted octanol–water partition coefficient (Wildman–Crippen LogP) is -0.525. The van der Waals surface area contributed by atoms with Gasteiger partial charge in [0.15, 0.2) is 0 Å². The van der Waals surface area contributed by atoms with Gasteiger partial charge in [0.05, 0.1) is 44.5 Å². The lowest BCUT2D eigenvalue weighted by atomic mass is 10.1. The summed E-state index contributed by atoms with van der Waals surface area (Å²) in [5.41, 5.74) is -1.13. The standard InChI is InChI=1S/C54H68N12O12/c1-2-34-33-66-28-21-61-52(76)40-12-5-11-39(45(40)69)49(73)57-16-23-63-22-15-55-47(71)35-7-3-9-37(43(35)67)50(74)58-19-26-65(31-32-66)27-20-59-51(75)38-10-4-8-36(44(38)68)48(72)56-17-24-64(30-29-63)25-18-60-53(77)41-13-6-14-42(46(41)70)54(78)62-34/h3-14,34,67-70H,2,15-33H2,1H3,(H,55,71)(H,56,72)(H,57,73)(H,58,74)(H,59,75)(H,60,77)(H,61,76)(H,62,78). The number of aromatic hydroxyl groups is 4. The monoisotopic (exact) mass is 1080 g/mol. The van der Waals surface area contributed by atoms with Crippen molar-refractivity contribution in [2.75, 3.05) is 124 Å². The fourth-order valence-electron chi connectivity index (χ4n) is 9.32. The highest BCUT2D eigenvalue weighted by molar-refractivity contribution is 6.06. The largest absolute Gasteiger partial charge is 0.506 e. The van der Waals surface area contributed by atoms with E-state index < -0.39 is 76.3 Å². The Hall–Kier alpha value is -8.32. The van der Waals surface area contributed by atoms with Gasteiger partial charge in [0.2, 0.25) is 0 Å². The van der Waals surface area contributed by atoms with Gasteiger partial charge in [-0.2, -0.15) is 0 Å². The van der Waals surface area contributed by atoms with Crippen LogP contribution < -0.4 is 42.5 Å². The first-order valence-corrected chi connectivity index (χ1v) is 26.1. The lowest BCUT2D eigenvalue weighted by molar-refractivity contribution is 0.0899. The number of benzene rings is 4. The zero-order chi connectivity index (χ0) is 55.7. The van der Waals surface area contributed by atoms with Gasteiger partial charge in [-0.3, -0.25) is 58.0 Å². The van der Waals surface area contributed by atoms with Crippen LogP contribution in [0.5, 0.6) is 23.0 Å². The SMILES string of the molecule is CCC1CN2CCNC(=O)c3cccc(c3O)C(=O)NCCN3CCNC(=O)c4cccc(c4O)C(=O)NCCN(CCNC(=O)c4cccc(c4O)C(=O)NCCN(CCNC(=O)c4cccc(c4O)C(=O)N1)CC3)CC2. The van der Waals surface area contributed by atoms with Gasteiger partial charge in [0.1, 0.15) is 23.0 Å². The molecule has 0 radical (unpaired) electrons. The van der Waals surface area contributed by atoms with Crippen LogP contribution in [0, 0.1) is 0 Å². The van der Waals surface area contributed by atoms with Crippen molar-refractivity contribution in [2.24, 2.45) is 0 Å². The Balaban J connectivity index is 1.32. The number of phenols is 4.